The first-order chi connectivity index (χ1) is 9.61. The molecule has 6 heteroatoms. The fraction of sp³-hybridized carbons (Fsp3) is 0.429. The van der Waals surface area contributed by atoms with Crippen molar-refractivity contribution in [3.63, 3.8) is 0 Å². The molecule has 0 radical (unpaired) electrons. The molecular formula is C14H19N5O. The van der Waals surface area contributed by atoms with Crippen molar-refractivity contribution >= 4 is 22.6 Å². The standard InChI is InChI=1S/C14H19N5O/c1-19-6-4-10(5-7-19)16-14(20)13-17-11-3-2-9(15)8-12(11)18-13/h2-3,8,10H,4-7,15H2,1H3,(H,16,20)(H,17,18). The number of fused-ring (bicyclic) bond motifs is 1. The highest BCUT2D eigenvalue weighted by atomic mass is 16.2. The molecule has 1 aromatic heterocycles. The quantitative estimate of drug-likeness (QED) is 0.712. The summed E-state index contributed by atoms with van der Waals surface area (Å²) in [5.74, 6) is 0.207. The van der Waals surface area contributed by atoms with Gasteiger partial charge in [-0.3, -0.25) is 4.79 Å². The summed E-state index contributed by atoms with van der Waals surface area (Å²) in [6, 6.07) is 5.62. The van der Waals surface area contributed by atoms with Gasteiger partial charge in [-0.05, 0) is 51.2 Å². The van der Waals surface area contributed by atoms with E-state index in [-0.39, 0.29) is 11.9 Å². The Kier molecular flexibility index (Phi) is 3.31. The number of nitrogens with two attached hydrogens (primary N) is 1. The Labute approximate surface area is 117 Å². The minimum atomic E-state index is -0.144. The molecule has 3 rings (SSSR count). The molecular weight excluding hydrogens is 254 g/mol. The maximum Gasteiger partial charge on any atom is 0.287 e. The maximum absolute atomic E-state index is 12.2. The molecule has 0 aliphatic carbocycles. The minimum Gasteiger partial charge on any atom is -0.399 e. The van der Waals surface area contributed by atoms with Crippen molar-refractivity contribution in [2.24, 2.45) is 0 Å². The lowest BCUT2D eigenvalue weighted by atomic mass is 10.1. The second kappa shape index (κ2) is 5.13. The molecule has 0 saturated carbocycles. The number of nitrogens with one attached hydrogen (secondary N) is 2. The summed E-state index contributed by atoms with van der Waals surface area (Å²) in [5.41, 5.74) is 7.90. The third-order valence-electron chi connectivity index (χ3n) is 3.78. The van der Waals surface area contributed by atoms with Gasteiger partial charge in [0.1, 0.15) is 0 Å². The maximum atomic E-state index is 12.2. The number of hydrogen-bond acceptors (Lipinski definition) is 4. The minimum absolute atomic E-state index is 0.144. The summed E-state index contributed by atoms with van der Waals surface area (Å²) >= 11 is 0. The van der Waals surface area contributed by atoms with Crippen LogP contribution in [0.15, 0.2) is 18.2 Å². The zero-order valence-corrected chi connectivity index (χ0v) is 11.5. The molecule has 20 heavy (non-hydrogen) atoms. The number of aromatic amines is 1. The van der Waals surface area contributed by atoms with Crippen molar-refractivity contribution in [1.29, 1.82) is 0 Å². The molecule has 1 fully saturated rings. The van der Waals surface area contributed by atoms with Gasteiger partial charge in [-0.25, -0.2) is 4.98 Å². The van der Waals surface area contributed by atoms with E-state index in [0.717, 1.165) is 37.0 Å². The van der Waals surface area contributed by atoms with Crippen LogP contribution in [0.2, 0.25) is 0 Å². The molecule has 1 aromatic carbocycles. The van der Waals surface area contributed by atoms with Crippen LogP contribution in [0.3, 0.4) is 0 Å². The van der Waals surface area contributed by atoms with E-state index in [4.69, 9.17) is 5.73 Å². The van der Waals surface area contributed by atoms with Crippen LogP contribution in [0.4, 0.5) is 5.69 Å². The predicted octanol–water partition coefficient (Wildman–Crippen LogP) is 0.969. The van der Waals surface area contributed by atoms with E-state index in [9.17, 15) is 4.79 Å². The fourth-order valence-corrected chi connectivity index (χ4v) is 2.54. The first-order valence-corrected chi connectivity index (χ1v) is 6.86. The molecule has 4 N–H and O–H groups in total. The van der Waals surface area contributed by atoms with Gasteiger partial charge in [-0.15, -0.1) is 0 Å². The van der Waals surface area contributed by atoms with Crippen LogP contribution in [0, 0.1) is 0 Å². The van der Waals surface area contributed by atoms with Gasteiger partial charge in [-0.1, -0.05) is 0 Å². The average molecular weight is 273 g/mol. The first-order valence-electron chi connectivity index (χ1n) is 6.86. The Morgan fingerprint density at radius 1 is 1.45 bits per heavy atom. The topological polar surface area (TPSA) is 87.0 Å². The van der Waals surface area contributed by atoms with Crippen LogP contribution >= 0.6 is 0 Å². The van der Waals surface area contributed by atoms with Crippen molar-refractivity contribution < 1.29 is 4.79 Å². The van der Waals surface area contributed by atoms with E-state index in [1.54, 1.807) is 12.1 Å². The van der Waals surface area contributed by atoms with Crippen LogP contribution in [0.1, 0.15) is 23.5 Å². The Hall–Kier alpha value is -2.08. The molecule has 0 atom stereocenters. The van der Waals surface area contributed by atoms with Crippen molar-refractivity contribution in [3.8, 4) is 0 Å². The number of carbonyl (C=O) groups excluding carboxylic acids is 1. The van der Waals surface area contributed by atoms with Gasteiger partial charge in [0, 0.05) is 11.7 Å². The summed E-state index contributed by atoms with van der Waals surface area (Å²) in [4.78, 5) is 21.8. The lowest BCUT2D eigenvalue weighted by Gasteiger charge is -2.29. The van der Waals surface area contributed by atoms with Gasteiger partial charge < -0.3 is 20.9 Å². The summed E-state index contributed by atoms with van der Waals surface area (Å²) in [6.45, 7) is 2.03. The number of benzene rings is 1. The number of aromatic nitrogens is 2. The Morgan fingerprint density at radius 2 is 2.20 bits per heavy atom. The first kappa shape index (κ1) is 12.9. The van der Waals surface area contributed by atoms with Gasteiger partial charge in [-0.2, -0.15) is 0 Å². The molecule has 6 nitrogen and oxygen atoms in total. The zero-order chi connectivity index (χ0) is 14.1. The number of piperidine rings is 1. The number of likely N-dealkylation sites (tertiary alicyclic amines) is 1. The van der Waals surface area contributed by atoms with E-state index >= 15 is 0 Å². The summed E-state index contributed by atoms with van der Waals surface area (Å²) < 4.78 is 0. The predicted molar refractivity (Wildman–Crippen MR) is 78.5 cm³/mol. The third-order valence-corrected chi connectivity index (χ3v) is 3.78. The van der Waals surface area contributed by atoms with Crippen molar-refractivity contribution in [1.82, 2.24) is 20.2 Å². The highest BCUT2D eigenvalue weighted by Gasteiger charge is 2.20. The van der Waals surface area contributed by atoms with Gasteiger partial charge >= 0.3 is 0 Å². The number of anilines is 1. The largest absolute Gasteiger partial charge is 0.399 e. The molecule has 2 aromatic rings. The summed E-state index contributed by atoms with van der Waals surface area (Å²) in [6.07, 6.45) is 1.96. The monoisotopic (exact) mass is 273 g/mol. The Bertz CT molecular complexity index is 628. The second-order valence-corrected chi connectivity index (χ2v) is 5.41. The van der Waals surface area contributed by atoms with Crippen LogP contribution < -0.4 is 11.1 Å². The van der Waals surface area contributed by atoms with E-state index in [1.165, 1.54) is 0 Å². The molecule has 1 aliphatic rings. The molecule has 106 valence electrons. The van der Waals surface area contributed by atoms with Crippen molar-refractivity contribution in [2.75, 3.05) is 25.9 Å². The van der Waals surface area contributed by atoms with Gasteiger partial charge in [0.25, 0.3) is 5.91 Å². The second-order valence-electron chi connectivity index (χ2n) is 5.41. The molecule has 2 heterocycles. The highest BCUT2D eigenvalue weighted by Crippen LogP contribution is 2.15. The zero-order valence-electron chi connectivity index (χ0n) is 11.5. The van der Waals surface area contributed by atoms with E-state index in [1.807, 2.05) is 6.07 Å². The Morgan fingerprint density at radius 3 is 2.95 bits per heavy atom. The van der Waals surface area contributed by atoms with Crippen LogP contribution in [0.25, 0.3) is 11.0 Å². The highest BCUT2D eigenvalue weighted by molar-refractivity contribution is 5.94. The van der Waals surface area contributed by atoms with E-state index in [0.29, 0.717) is 11.5 Å². The number of carbonyl (C=O) groups is 1. The van der Waals surface area contributed by atoms with Crippen LogP contribution in [0.5, 0.6) is 0 Å². The number of hydrogen-bond donors (Lipinski definition) is 3. The number of amides is 1. The van der Waals surface area contributed by atoms with Crippen molar-refractivity contribution in [3.05, 3.63) is 24.0 Å². The third kappa shape index (κ3) is 2.60. The molecule has 0 spiro atoms. The van der Waals surface area contributed by atoms with E-state index in [2.05, 4.69) is 27.2 Å². The van der Waals surface area contributed by atoms with Crippen LogP contribution in [-0.4, -0.2) is 47.0 Å². The molecule has 1 amide bonds. The fourth-order valence-electron chi connectivity index (χ4n) is 2.54. The van der Waals surface area contributed by atoms with Gasteiger partial charge in [0.05, 0.1) is 11.0 Å². The molecule has 0 bridgehead atoms. The van der Waals surface area contributed by atoms with Gasteiger partial charge in [0.15, 0.2) is 5.82 Å². The number of rotatable bonds is 2. The SMILES string of the molecule is CN1CCC(NC(=O)c2nc3cc(N)ccc3[nH]2)CC1. The smallest absolute Gasteiger partial charge is 0.287 e. The number of nitrogens with zero attached hydrogens (tertiary/aromatic N) is 2. The summed E-state index contributed by atoms with van der Waals surface area (Å²) in [5, 5.41) is 3.04. The van der Waals surface area contributed by atoms with Gasteiger partial charge in [0.2, 0.25) is 0 Å². The normalized spacial score (nSPS) is 17.4. The van der Waals surface area contributed by atoms with Crippen molar-refractivity contribution in [2.45, 2.75) is 18.9 Å². The lowest BCUT2D eigenvalue weighted by Crippen LogP contribution is -2.43. The molecule has 0 unspecified atom stereocenters. The summed E-state index contributed by atoms with van der Waals surface area (Å²) in [7, 11) is 2.10. The Balaban J connectivity index is 1.72. The molecule has 1 aliphatic heterocycles. The molecule has 1 saturated heterocycles. The number of imidazole rings is 1. The van der Waals surface area contributed by atoms with Crippen LogP contribution in [-0.2, 0) is 0 Å². The number of nitrogen functional groups attached to an aromatic ring is 1. The van der Waals surface area contributed by atoms with E-state index < -0.39 is 0 Å². The lowest BCUT2D eigenvalue weighted by molar-refractivity contribution is 0.0907. The number of H-pyrrole nitrogens is 1. The average Bonchev–Trinajstić information content (AvgIpc) is 2.84.